The summed E-state index contributed by atoms with van der Waals surface area (Å²) in [6.07, 6.45) is 0. The molecular formula is C15H18N4O2S3. The van der Waals surface area contributed by atoms with E-state index in [1.165, 1.54) is 23.1 Å². The van der Waals surface area contributed by atoms with Gasteiger partial charge in [0.15, 0.2) is 8.68 Å². The minimum Gasteiger partial charge on any atom is -0.338 e. The van der Waals surface area contributed by atoms with Crippen molar-refractivity contribution < 1.29 is 9.59 Å². The van der Waals surface area contributed by atoms with E-state index in [9.17, 15) is 9.59 Å². The molecule has 0 radical (unpaired) electrons. The van der Waals surface area contributed by atoms with Crippen molar-refractivity contribution in [1.29, 1.82) is 0 Å². The zero-order valence-corrected chi connectivity index (χ0v) is 15.8. The van der Waals surface area contributed by atoms with Crippen LogP contribution in [0.1, 0.15) is 24.7 Å². The maximum Gasteiger partial charge on any atom is 0.321 e. The normalized spacial score (nSPS) is 11.8. The first kappa shape index (κ1) is 18.8. The molecule has 2 N–H and O–H groups in total. The summed E-state index contributed by atoms with van der Waals surface area (Å²) in [6.45, 7) is 4.29. The summed E-state index contributed by atoms with van der Waals surface area (Å²) in [6, 6.07) is 8.83. The van der Waals surface area contributed by atoms with Crippen LogP contribution < -0.4 is 10.6 Å². The molecule has 0 saturated carbocycles. The van der Waals surface area contributed by atoms with E-state index in [4.69, 9.17) is 0 Å². The van der Waals surface area contributed by atoms with Crippen molar-refractivity contribution in [2.45, 2.75) is 27.8 Å². The average Bonchev–Trinajstić information content (AvgIpc) is 3.01. The third-order valence-electron chi connectivity index (χ3n) is 2.79. The van der Waals surface area contributed by atoms with Crippen LogP contribution in [-0.4, -0.2) is 34.4 Å². The number of amides is 3. The summed E-state index contributed by atoms with van der Waals surface area (Å²) in [4.78, 5) is 24.2. The zero-order chi connectivity index (χ0) is 17.4. The van der Waals surface area contributed by atoms with Gasteiger partial charge in [-0.15, -0.1) is 10.2 Å². The van der Waals surface area contributed by atoms with E-state index in [0.29, 0.717) is 10.9 Å². The Morgan fingerprint density at radius 3 is 2.54 bits per heavy atom. The van der Waals surface area contributed by atoms with Crippen molar-refractivity contribution in [2.75, 3.05) is 12.3 Å². The number of hydrogen-bond donors (Lipinski definition) is 2. The van der Waals surface area contributed by atoms with Gasteiger partial charge in [-0.2, -0.15) is 0 Å². The maximum atomic E-state index is 12.5. The lowest BCUT2D eigenvalue weighted by Gasteiger charge is -2.15. The van der Waals surface area contributed by atoms with E-state index in [1.807, 2.05) is 37.3 Å². The van der Waals surface area contributed by atoms with Crippen LogP contribution in [0, 0.1) is 0 Å². The van der Waals surface area contributed by atoms with Crippen LogP contribution in [0.5, 0.6) is 0 Å². The standard InChI is InChI=1S/C15H18N4O2S3/c1-3-16-13(21)17-12(20)11(10-8-6-5-7-9-10)23-15-19-18-14(24-15)22-4-2/h5-9,11H,3-4H2,1-2H3,(H2,16,17,20,21)/t11-/m0/s1. The van der Waals surface area contributed by atoms with Crippen molar-refractivity contribution in [3.63, 3.8) is 0 Å². The van der Waals surface area contributed by atoms with Crippen molar-refractivity contribution in [3.05, 3.63) is 35.9 Å². The van der Waals surface area contributed by atoms with Gasteiger partial charge in [-0.25, -0.2) is 4.79 Å². The van der Waals surface area contributed by atoms with Crippen LogP contribution >= 0.6 is 34.9 Å². The van der Waals surface area contributed by atoms with Crippen LogP contribution in [0.15, 0.2) is 39.0 Å². The summed E-state index contributed by atoms with van der Waals surface area (Å²) in [7, 11) is 0. The molecule has 0 fully saturated rings. The second-order valence-electron chi connectivity index (χ2n) is 4.52. The highest BCUT2D eigenvalue weighted by Gasteiger charge is 2.25. The topological polar surface area (TPSA) is 84.0 Å². The van der Waals surface area contributed by atoms with Crippen molar-refractivity contribution >= 4 is 46.8 Å². The summed E-state index contributed by atoms with van der Waals surface area (Å²) >= 11 is 4.36. The molecule has 1 atom stereocenters. The van der Waals surface area contributed by atoms with Gasteiger partial charge < -0.3 is 5.32 Å². The largest absolute Gasteiger partial charge is 0.338 e. The van der Waals surface area contributed by atoms with Gasteiger partial charge in [-0.1, -0.05) is 72.1 Å². The van der Waals surface area contributed by atoms with E-state index in [1.54, 1.807) is 18.7 Å². The number of thioether (sulfide) groups is 2. The molecule has 0 aliphatic rings. The lowest BCUT2D eigenvalue weighted by Crippen LogP contribution is -2.41. The lowest BCUT2D eigenvalue weighted by molar-refractivity contribution is -0.119. The fourth-order valence-corrected chi connectivity index (χ4v) is 4.92. The van der Waals surface area contributed by atoms with Crippen LogP contribution in [0.3, 0.4) is 0 Å². The third kappa shape index (κ3) is 5.50. The number of rotatable bonds is 7. The molecule has 1 aromatic heterocycles. The summed E-state index contributed by atoms with van der Waals surface area (Å²) < 4.78 is 1.57. The number of aromatic nitrogens is 2. The Morgan fingerprint density at radius 2 is 1.88 bits per heavy atom. The smallest absolute Gasteiger partial charge is 0.321 e. The number of carbonyl (C=O) groups excluding carboxylic acids is 2. The van der Waals surface area contributed by atoms with E-state index >= 15 is 0 Å². The number of benzene rings is 1. The van der Waals surface area contributed by atoms with Crippen LogP contribution in [0.25, 0.3) is 0 Å². The molecule has 6 nitrogen and oxygen atoms in total. The highest BCUT2D eigenvalue weighted by Crippen LogP contribution is 2.38. The molecule has 128 valence electrons. The maximum absolute atomic E-state index is 12.5. The summed E-state index contributed by atoms with van der Waals surface area (Å²) in [5.41, 5.74) is 0.809. The molecule has 3 amide bonds. The quantitative estimate of drug-likeness (QED) is 0.715. The third-order valence-corrected chi connectivity index (χ3v) is 6.07. The van der Waals surface area contributed by atoms with Gasteiger partial charge >= 0.3 is 6.03 Å². The zero-order valence-electron chi connectivity index (χ0n) is 13.3. The van der Waals surface area contributed by atoms with Gasteiger partial charge in [0, 0.05) is 6.54 Å². The van der Waals surface area contributed by atoms with Gasteiger partial charge in [0.2, 0.25) is 5.91 Å². The monoisotopic (exact) mass is 382 g/mol. The molecule has 2 aromatic rings. The fourth-order valence-electron chi connectivity index (χ4n) is 1.81. The van der Waals surface area contributed by atoms with E-state index in [-0.39, 0.29) is 5.91 Å². The predicted molar refractivity (Wildman–Crippen MR) is 98.6 cm³/mol. The molecule has 0 aliphatic heterocycles. The Labute approximate surface area is 153 Å². The number of nitrogens with zero attached hydrogens (tertiary/aromatic N) is 2. The van der Waals surface area contributed by atoms with Crippen molar-refractivity contribution in [3.8, 4) is 0 Å². The van der Waals surface area contributed by atoms with Gasteiger partial charge in [-0.05, 0) is 18.2 Å². The second kappa shape index (κ2) is 9.65. The molecule has 0 bridgehead atoms. The number of nitrogens with one attached hydrogen (secondary N) is 2. The predicted octanol–water partition coefficient (Wildman–Crippen LogP) is 3.33. The molecular weight excluding hydrogens is 364 g/mol. The molecule has 1 heterocycles. The fraction of sp³-hybridized carbons (Fsp3) is 0.333. The van der Waals surface area contributed by atoms with Gasteiger partial charge in [-0.3, -0.25) is 10.1 Å². The van der Waals surface area contributed by atoms with E-state index < -0.39 is 11.3 Å². The molecule has 1 aromatic carbocycles. The highest BCUT2D eigenvalue weighted by atomic mass is 32.2. The van der Waals surface area contributed by atoms with Crippen molar-refractivity contribution in [2.24, 2.45) is 0 Å². The van der Waals surface area contributed by atoms with Crippen molar-refractivity contribution in [1.82, 2.24) is 20.8 Å². The molecule has 0 aliphatic carbocycles. The minimum absolute atomic E-state index is 0.378. The Balaban J connectivity index is 2.16. The first-order valence-electron chi connectivity index (χ1n) is 7.40. The van der Waals surface area contributed by atoms with Crippen LogP contribution in [-0.2, 0) is 4.79 Å². The molecule has 9 heteroatoms. The minimum atomic E-state index is -0.568. The molecule has 24 heavy (non-hydrogen) atoms. The molecule has 2 rings (SSSR count). The Kier molecular flexibility index (Phi) is 7.54. The summed E-state index contributed by atoms with van der Waals surface area (Å²) in [5.74, 6) is 0.538. The Hall–Kier alpha value is -1.58. The van der Waals surface area contributed by atoms with Gasteiger partial charge in [0.25, 0.3) is 0 Å². The molecule has 0 unspecified atom stereocenters. The first-order chi connectivity index (χ1) is 11.6. The molecule has 0 spiro atoms. The second-order valence-corrected chi connectivity index (χ2v) is 8.37. The average molecular weight is 383 g/mol. The number of imide groups is 1. The van der Waals surface area contributed by atoms with E-state index in [2.05, 4.69) is 20.8 Å². The number of urea groups is 1. The van der Waals surface area contributed by atoms with Gasteiger partial charge in [0.1, 0.15) is 5.25 Å². The number of carbonyl (C=O) groups is 2. The SMILES string of the molecule is CCNC(=O)NC(=O)[C@@H](Sc1nnc(SCC)s1)c1ccccc1. The highest BCUT2D eigenvalue weighted by molar-refractivity contribution is 8.03. The number of hydrogen-bond acceptors (Lipinski definition) is 7. The Morgan fingerprint density at radius 1 is 1.17 bits per heavy atom. The first-order valence-corrected chi connectivity index (χ1v) is 10.1. The van der Waals surface area contributed by atoms with Gasteiger partial charge in [0.05, 0.1) is 0 Å². The Bertz CT molecular complexity index is 678. The van der Waals surface area contributed by atoms with Crippen LogP contribution in [0.4, 0.5) is 4.79 Å². The lowest BCUT2D eigenvalue weighted by atomic mass is 10.1. The summed E-state index contributed by atoms with van der Waals surface area (Å²) in [5, 5.41) is 12.6. The van der Waals surface area contributed by atoms with E-state index in [0.717, 1.165) is 15.7 Å². The molecule has 0 saturated heterocycles. The van der Waals surface area contributed by atoms with Crippen LogP contribution in [0.2, 0.25) is 0 Å².